The normalized spacial score (nSPS) is 19.7. The van der Waals surface area contributed by atoms with Crippen LogP contribution >= 0.6 is 0 Å². The summed E-state index contributed by atoms with van der Waals surface area (Å²) in [4.78, 5) is 15.9. The van der Waals surface area contributed by atoms with Gasteiger partial charge in [0.1, 0.15) is 0 Å². The number of likely N-dealkylation sites (N-methyl/N-ethyl adjacent to an activating group) is 1. The number of nitrogens with two attached hydrogens (primary N) is 2. The van der Waals surface area contributed by atoms with Crippen molar-refractivity contribution in [1.29, 1.82) is 0 Å². The molecule has 0 spiro atoms. The number of nitrogen functional groups attached to an aromatic ring is 1. The molecule has 0 aliphatic carbocycles. The Morgan fingerprint density at radius 2 is 2.16 bits per heavy atom. The molecule has 1 saturated heterocycles. The molecule has 1 aliphatic heterocycles. The summed E-state index contributed by atoms with van der Waals surface area (Å²) in [5.41, 5.74) is 13.0. The number of rotatable bonds is 3. The number of hydrogen-bond donors (Lipinski definition) is 2. The van der Waals surface area contributed by atoms with Crippen LogP contribution in [0.1, 0.15) is 23.2 Å². The van der Waals surface area contributed by atoms with Gasteiger partial charge in [0.25, 0.3) is 5.91 Å². The van der Waals surface area contributed by atoms with Crippen molar-refractivity contribution < 1.29 is 4.79 Å². The maximum Gasteiger partial charge on any atom is 0.250 e. The topological polar surface area (TPSA) is 75.6 Å². The lowest BCUT2D eigenvalue weighted by molar-refractivity contribution is 0.100. The molecule has 1 aliphatic rings. The van der Waals surface area contributed by atoms with Crippen molar-refractivity contribution in [1.82, 2.24) is 4.90 Å². The Bertz CT molecular complexity index is 473. The van der Waals surface area contributed by atoms with Gasteiger partial charge >= 0.3 is 0 Å². The Labute approximate surface area is 114 Å². The second kappa shape index (κ2) is 5.48. The minimum Gasteiger partial charge on any atom is -0.398 e. The second-order valence-corrected chi connectivity index (χ2v) is 5.34. The fraction of sp³-hybridized carbons (Fsp3) is 0.500. The third kappa shape index (κ3) is 2.98. The van der Waals surface area contributed by atoms with Gasteiger partial charge in [-0.1, -0.05) is 0 Å². The van der Waals surface area contributed by atoms with Crippen LogP contribution in [0.4, 0.5) is 11.4 Å². The van der Waals surface area contributed by atoms with Gasteiger partial charge in [0, 0.05) is 30.5 Å². The van der Waals surface area contributed by atoms with Crippen LogP contribution < -0.4 is 16.4 Å². The van der Waals surface area contributed by atoms with Crippen LogP contribution in [0.3, 0.4) is 0 Å². The zero-order chi connectivity index (χ0) is 14.0. The molecular weight excluding hydrogens is 240 g/mol. The van der Waals surface area contributed by atoms with Gasteiger partial charge in [-0.25, -0.2) is 0 Å². The number of carbonyl (C=O) groups is 1. The van der Waals surface area contributed by atoms with Crippen LogP contribution in [0.15, 0.2) is 18.2 Å². The molecule has 0 bridgehead atoms. The zero-order valence-electron chi connectivity index (χ0n) is 11.6. The summed E-state index contributed by atoms with van der Waals surface area (Å²) in [5.74, 6) is -0.472. The van der Waals surface area contributed by atoms with Crippen LogP contribution in [0.25, 0.3) is 0 Å². The highest BCUT2D eigenvalue weighted by Gasteiger charge is 2.22. The number of amides is 1. The Morgan fingerprint density at radius 3 is 2.79 bits per heavy atom. The molecule has 1 unspecified atom stereocenters. The van der Waals surface area contributed by atoms with E-state index in [-0.39, 0.29) is 0 Å². The van der Waals surface area contributed by atoms with Gasteiger partial charge in [0.05, 0.1) is 5.56 Å². The van der Waals surface area contributed by atoms with E-state index in [0.717, 1.165) is 25.2 Å². The molecule has 104 valence electrons. The molecular formula is C14H22N4O. The number of carbonyl (C=O) groups excluding carboxylic acids is 1. The summed E-state index contributed by atoms with van der Waals surface area (Å²) in [6, 6.07) is 6.06. The van der Waals surface area contributed by atoms with E-state index < -0.39 is 5.91 Å². The second-order valence-electron chi connectivity index (χ2n) is 5.34. The smallest absolute Gasteiger partial charge is 0.250 e. The predicted molar refractivity (Wildman–Crippen MR) is 78.3 cm³/mol. The average molecular weight is 262 g/mol. The molecule has 1 amide bonds. The number of piperidine rings is 1. The van der Waals surface area contributed by atoms with Crippen LogP contribution in [0.5, 0.6) is 0 Å². The summed E-state index contributed by atoms with van der Waals surface area (Å²) in [5, 5.41) is 0. The lowest BCUT2D eigenvalue weighted by Crippen LogP contribution is -2.45. The Balaban J connectivity index is 2.22. The van der Waals surface area contributed by atoms with Gasteiger partial charge in [-0.3, -0.25) is 4.79 Å². The van der Waals surface area contributed by atoms with Crippen LogP contribution in [0.2, 0.25) is 0 Å². The third-order valence-electron chi connectivity index (χ3n) is 3.79. The molecule has 0 aromatic heterocycles. The molecule has 4 N–H and O–H groups in total. The lowest BCUT2D eigenvalue weighted by Gasteiger charge is -2.37. The summed E-state index contributed by atoms with van der Waals surface area (Å²) in [7, 11) is 4.21. The number of hydrogen-bond acceptors (Lipinski definition) is 4. The summed E-state index contributed by atoms with van der Waals surface area (Å²) in [6.45, 7) is 1.97. The van der Waals surface area contributed by atoms with Crippen molar-refractivity contribution in [3.8, 4) is 0 Å². The van der Waals surface area contributed by atoms with E-state index in [1.54, 1.807) is 12.1 Å². The first-order valence-corrected chi connectivity index (χ1v) is 6.59. The van der Waals surface area contributed by atoms with E-state index in [4.69, 9.17) is 11.5 Å². The van der Waals surface area contributed by atoms with Crippen LogP contribution in [0, 0.1) is 0 Å². The summed E-state index contributed by atoms with van der Waals surface area (Å²) >= 11 is 0. The molecule has 19 heavy (non-hydrogen) atoms. The van der Waals surface area contributed by atoms with Gasteiger partial charge in [-0.2, -0.15) is 0 Å². The molecule has 1 aromatic carbocycles. The standard InChI is InChI=1S/C14H22N4O/c1-17(2)11-4-3-7-18(9-11)10-5-6-13(15)12(8-10)14(16)19/h5-6,8,11H,3-4,7,9,15H2,1-2H3,(H2,16,19). The molecule has 2 rings (SSSR count). The molecule has 5 nitrogen and oxygen atoms in total. The van der Waals surface area contributed by atoms with Gasteiger partial charge in [-0.15, -0.1) is 0 Å². The minimum absolute atomic E-state index is 0.407. The van der Waals surface area contributed by atoms with Crippen molar-refractivity contribution in [2.75, 3.05) is 37.8 Å². The maximum atomic E-state index is 11.3. The van der Waals surface area contributed by atoms with E-state index in [9.17, 15) is 4.79 Å². The maximum absolute atomic E-state index is 11.3. The Hall–Kier alpha value is -1.75. The number of nitrogens with zero attached hydrogens (tertiary/aromatic N) is 2. The van der Waals surface area contributed by atoms with E-state index in [0.29, 0.717) is 17.3 Å². The first kappa shape index (κ1) is 13.7. The first-order valence-electron chi connectivity index (χ1n) is 6.59. The zero-order valence-corrected chi connectivity index (χ0v) is 11.6. The number of benzene rings is 1. The first-order chi connectivity index (χ1) is 8.99. The fourth-order valence-corrected chi connectivity index (χ4v) is 2.57. The predicted octanol–water partition coefficient (Wildman–Crippen LogP) is 0.898. The third-order valence-corrected chi connectivity index (χ3v) is 3.79. The van der Waals surface area contributed by atoms with E-state index in [2.05, 4.69) is 23.9 Å². The molecule has 1 fully saturated rings. The Kier molecular flexibility index (Phi) is 3.95. The Morgan fingerprint density at radius 1 is 1.42 bits per heavy atom. The molecule has 0 saturated carbocycles. The average Bonchev–Trinajstić information content (AvgIpc) is 2.39. The molecule has 1 atom stereocenters. The highest BCUT2D eigenvalue weighted by molar-refractivity contribution is 5.99. The van der Waals surface area contributed by atoms with Crippen molar-refractivity contribution in [3.63, 3.8) is 0 Å². The van der Waals surface area contributed by atoms with E-state index >= 15 is 0 Å². The molecule has 0 radical (unpaired) electrons. The van der Waals surface area contributed by atoms with E-state index in [1.807, 2.05) is 6.07 Å². The van der Waals surface area contributed by atoms with Crippen molar-refractivity contribution in [3.05, 3.63) is 23.8 Å². The van der Waals surface area contributed by atoms with Gasteiger partial charge in [0.15, 0.2) is 0 Å². The summed E-state index contributed by atoms with van der Waals surface area (Å²) < 4.78 is 0. The minimum atomic E-state index is -0.472. The SMILES string of the molecule is CN(C)C1CCCN(c2ccc(N)c(C(N)=O)c2)C1. The fourth-order valence-electron chi connectivity index (χ4n) is 2.57. The quantitative estimate of drug-likeness (QED) is 0.794. The highest BCUT2D eigenvalue weighted by Crippen LogP contribution is 2.25. The van der Waals surface area contributed by atoms with Gasteiger partial charge in [0.2, 0.25) is 0 Å². The number of primary amides is 1. The lowest BCUT2D eigenvalue weighted by atomic mass is 10.0. The van der Waals surface area contributed by atoms with Crippen molar-refractivity contribution >= 4 is 17.3 Å². The monoisotopic (exact) mass is 262 g/mol. The van der Waals surface area contributed by atoms with Gasteiger partial charge < -0.3 is 21.3 Å². The van der Waals surface area contributed by atoms with E-state index in [1.165, 1.54) is 6.42 Å². The summed E-state index contributed by atoms with van der Waals surface area (Å²) in [6.07, 6.45) is 2.36. The largest absolute Gasteiger partial charge is 0.398 e. The highest BCUT2D eigenvalue weighted by atomic mass is 16.1. The van der Waals surface area contributed by atoms with Crippen LogP contribution in [-0.2, 0) is 0 Å². The molecule has 1 heterocycles. The van der Waals surface area contributed by atoms with Gasteiger partial charge in [-0.05, 0) is 45.1 Å². The molecule has 5 heteroatoms. The van der Waals surface area contributed by atoms with Crippen LogP contribution in [-0.4, -0.2) is 44.0 Å². The molecule has 1 aromatic rings. The van der Waals surface area contributed by atoms with Crippen molar-refractivity contribution in [2.24, 2.45) is 5.73 Å². The van der Waals surface area contributed by atoms with Crippen molar-refractivity contribution in [2.45, 2.75) is 18.9 Å². The number of anilines is 2.